The second-order valence-corrected chi connectivity index (χ2v) is 5.84. The Morgan fingerprint density at radius 2 is 2.23 bits per heavy atom. The molecule has 1 aliphatic rings. The van der Waals surface area contributed by atoms with Crippen LogP contribution in [0.1, 0.15) is 16.1 Å². The van der Waals surface area contributed by atoms with E-state index in [-0.39, 0.29) is 12.6 Å². The predicted molar refractivity (Wildman–Crippen MR) is 84.0 cm³/mol. The molecule has 0 saturated heterocycles. The number of halogens is 1. The molecule has 0 amide bonds. The second kappa shape index (κ2) is 5.15. The molecule has 2 aromatic heterocycles. The van der Waals surface area contributed by atoms with Crippen molar-refractivity contribution in [1.29, 1.82) is 0 Å². The molecule has 0 bridgehead atoms. The first-order chi connectivity index (χ1) is 10.7. The van der Waals surface area contributed by atoms with Gasteiger partial charge >= 0.3 is 0 Å². The zero-order valence-corrected chi connectivity index (χ0v) is 12.7. The summed E-state index contributed by atoms with van der Waals surface area (Å²) in [6, 6.07) is 5.11. The van der Waals surface area contributed by atoms with E-state index < -0.39 is 0 Å². The van der Waals surface area contributed by atoms with Gasteiger partial charge in [-0.15, -0.1) is 11.3 Å². The smallest absolute Gasteiger partial charge is 0.231 e. The maximum absolute atomic E-state index is 12.3. The molecule has 3 heterocycles. The fraction of sp³-hybridized carbons (Fsp3) is 0.0667. The summed E-state index contributed by atoms with van der Waals surface area (Å²) in [5.74, 6) is 1.10. The van der Waals surface area contributed by atoms with Crippen molar-refractivity contribution in [2.75, 3.05) is 6.79 Å². The summed E-state index contributed by atoms with van der Waals surface area (Å²) in [5.41, 5.74) is 1.22. The number of imidazole rings is 1. The molecule has 4 rings (SSSR count). The molecule has 7 heteroatoms. The van der Waals surface area contributed by atoms with Crippen molar-refractivity contribution in [2.24, 2.45) is 0 Å². The first-order valence-electron chi connectivity index (χ1n) is 6.45. The first kappa shape index (κ1) is 13.4. The number of carbonyl (C=O) groups excluding carboxylic acids is 1. The van der Waals surface area contributed by atoms with Crippen molar-refractivity contribution in [3.8, 4) is 11.5 Å². The van der Waals surface area contributed by atoms with Gasteiger partial charge in [0.2, 0.25) is 6.79 Å². The summed E-state index contributed by atoms with van der Waals surface area (Å²) in [5, 5.41) is 2.29. The number of fused-ring (bicyclic) bond motifs is 2. The van der Waals surface area contributed by atoms with Crippen LogP contribution in [0.4, 0.5) is 0 Å². The van der Waals surface area contributed by atoms with Gasteiger partial charge in [0.15, 0.2) is 27.4 Å². The average molecular weight is 333 g/mol. The van der Waals surface area contributed by atoms with Gasteiger partial charge in [0, 0.05) is 17.1 Å². The van der Waals surface area contributed by atoms with E-state index in [0.29, 0.717) is 27.9 Å². The Balaban J connectivity index is 1.64. The maximum Gasteiger partial charge on any atom is 0.231 e. The van der Waals surface area contributed by atoms with Crippen LogP contribution >= 0.6 is 22.9 Å². The lowest BCUT2D eigenvalue weighted by molar-refractivity contribution is 0.104. The third-order valence-electron chi connectivity index (χ3n) is 3.30. The van der Waals surface area contributed by atoms with Crippen molar-refractivity contribution in [1.82, 2.24) is 9.38 Å². The highest BCUT2D eigenvalue weighted by Gasteiger charge is 2.15. The zero-order chi connectivity index (χ0) is 15.1. The normalized spacial score (nSPS) is 13.3. The van der Waals surface area contributed by atoms with Crippen LogP contribution in [0.5, 0.6) is 11.5 Å². The highest BCUT2D eigenvalue weighted by Crippen LogP contribution is 2.32. The molecule has 0 saturated carbocycles. The molecule has 22 heavy (non-hydrogen) atoms. The summed E-state index contributed by atoms with van der Waals surface area (Å²) >= 11 is 7.58. The Bertz CT molecular complexity index is 913. The van der Waals surface area contributed by atoms with Gasteiger partial charge in [-0.3, -0.25) is 9.20 Å². The number of carbonyl (C=O) groups is 1. The predicted octanol–water partition coefficient (Wildman–Crippen LogP) is 3.67. The molecule has 110 valence electrons. The molecule has 5 nitrogen and oxygen atoms in total. The molecule has 3 aromatic rings. The number of thiazole rings is 1. The Morgan fingerprint density at radius 3 is 3.14 bits per heavy atom. The van der Waals surface area contributed by atoms with Crippen molar-refractivity contribution in [3.63, 3.8) is 0 Å². The fourth-order valence-corrected chi connectivity index (χ4v) is 3.23. The Labute approximate surface area is 134 Å². The molecule has 0 fully saturated rings. The van der Waals surface area contributed by atoms with Crippen LogP contribution in [-0.2, 0) is 0 Å². The van der Waals surface area contributed by atoms with E-state index >= 15 is 0 Å². The number of allylic oxidation sites excluding steroid dienone is 1. The standard InChI is InChI=1S/C15H9ClN2O3S/c16-14-10(18-5-6-22-15(18)17-14)2-3-11(19)9-1-4-12-13(7-9)21-8-20-12/h1-7H,8H2/b3-2+. The van der Waals surface area contributed by atoms with E-state index in [1.165, 1.54) is 17.4 Å². The van der Waals surface area contributed by atoms with Gasteiger partial charge in [-0.05, 0) is 30.4 Å². The van der Waals surface area contributed by atoms with E-state index in [9.17, 15) is 4.79 Å². The molecule has 1 aliphatic heterocycles. The topological polar surface area (TPSA) is 52.8 Å². The van der Waals surface area contributed by atoms with Crippen LogP contribution in [0, 0.1) is 0 Å². The van der Waals surface area contributed by atoms with E-state index in [4.69, 9.17) is 21.1 Å². The van der Waals surface area contributed by atoms with Crippen LogP contribution in [0.3, 0.4) is 0 Å². The van der Waals surface area contributed by atoms with Crippen molar-refractivity contribution >= 4 is 39.8 Å². The largest absolute Gasteiger partial charge is 0.454 e. The summed E-state index contributed by atoms with van der Waals surface area (Å²) < 4.78 is 12.3. The number of ether oxygens (including phenoxy) is 2. The lowest BCUT2D eigenvalue weighted by Gasteiger charge is -1.99. The first-order valence-corrected chi connectivity index (χ1v) is 7.71. The fourth-order valence-electron chi connectivity index (χ4n) is 2.23. The van der Waals surface area contributed by atoms with Gasteiger partial charge in [0.25, 0.3) is 0 Å². The quantitative estimate of drug-likeness (QED) is 0.542. The lowest BCUT2D eigenvalue weighted by atomic mass is 10.1. The van der Waals surface area contributed by atoms with Crippen molar-refractivity contribution in [3.05, 3.63) is 52.3 Å². The average Bonchev–Trinajstić information content (AvgIpc) is 3.20. The summed E-state index contributed by atoms with van der Waals surface area (Å²) in [4.78, 5) is 17.3. The molecule has 1 aromatic carbocycles. The van der Waals surface area contributed by atoms with Gasteiger partial charge in [0.1, 0.15) is 0 Å². The number of benzene rings is 1. The number of hydrogen-bond donors (Lipinski definition) is 0. The van der Waals surface area contributed by atoms with Gasteiger partial charge in [-0.25, -0.2) is 4.98 Å². The van der Waals surface area contributed by atoms with Gasteiger partial charge in [0.05, 0.1) is 5.69 Å². The van der Waals surface area contributed by atoms with E-state index in [1.54, 1.807) is 24.3 Å². The molecule has 0 unspecified atom stereocenters. The van der Waals surface area contributed by atoms with E-state index in [1.807, 2.05) is 16.0 Å². The van der Waals surface area contributed by atoms with Crippen molar-refractivity contribution < 1.29 is 14.3 Å². The number of hydrogen-bond acceptors (Lipinski definition) is 5. The highest BCUT2D eigenvalue weighted by molar-refractivity contribution is 7.15. The van der Waals surface area contributed by atoms with Crippen molar-refractivity contribution in [2.45, 2.75) is 0 Å². The van der Waals surface area contributed by atoms with Gasteiger partial charge < -0.3 is 9.47 Å². The molecule has 0 N–H and O–H groups in total. The summed E-state index contributed by atoms with van der Waals surface area (Å²) in [6.45, 7) is 0.185. The molecule has 0 spiro atoms. The van der Waals surface area contributed by atoms with Crippen LogP contribution < -0.4 is 9.47 Å². The van der Waals surface area contributed by atoms with E-state index in [2.05, 4.69) is 4.98 Å². The minimum Gasteiger partial charge on any atom is -0.454 e. The zero-order valence-electron chi connectivity index (χ0n) is 11.2. The monoisotopic (exact) mass is 332 g/mol. The molecule has 0 aliphatic carbocycles. The minimum atomic E-state index is -0.139. The van der Waals surface area contributed by atoms with Crippen LogP contribution in [0.2, 0.25) is 5.15 Å². The SMILES string of the molecule is O=C(/C=C/c1c(Cl)nc2sccn12)c1ccc2c(c1)OCO2. The number of ketones is 1. The Hall–Kier alpha value is -2.31. The van der Waals surface area contributed by atoms with E-state index in [0.717, 1.165) is 4.96 Å². The number of aromatic nitrogens is 2. The Kier molecular flexibility index (Phi) is 3.13. The number of nitrogens with zero attached hydrogens (tertiary/aromatic N) is 2. The third kappa shape index (κ3) is 2.17. The van der Waals surface area contributed by atoms with Crippen LogP contribution in [-0.4, -0.2) is 22.0 Å². The van der Waals surface area contributed by atoms with Crippen LogP contribution in [0.15, 0.2) is 35.9 Å². The van der Waals surface area contributed by atoms with Gasteiger partial charge in [-0.1, -0.05) is 11.6 Å². The molecular formula is C15H9ClN2O3S. The molecule has 0 atom stereocenters. The van der Waals surface area contributed by atoms with Gasteiger partial charge in [-0.2, -0.15) is 0 Å². The highest BCUT2D eigenvalue weighted by atomic mass is 35.5. The molecular weight excluding hydrogens is 324 g/mol. The summed E-state index contributed by atoms with van der Waals surface area (Å²) in [7, 11) is 0. The Morgan fingerprint density at radius 1 is 1.36 bits per heavy atom. The summed E-state index contributed by atoms with van der Waals surface area (Å²) in [6.07, 6.45) is 5.01. The van der Waals surface area contributed by atoms with Crippen LogP contribution in [0.25, 0.3) is 11.0 Å². The third-order valence-corrected chi connectivity index (χ3v) is 4.34. The minimum absolute atomic E-state index is 0.139. The maximum atomic E-state index is 12.3. The lowest BCUT2D eigenvalue weighted by Crippen LogP contribution is -1.95. The second-order valence-electron chi connectivity index (χ2n) is 4.61. The molecule has 0 radical (unpaired) electrons. The number of rotatable bonds is 3.